The van der Waals surface area contributed by atoms with Crippen molar-refractivity contribution in [2.24, 2.45) is 0 Å². The van der Waals surface area contributed by atoms with E-state index in [4.69, 9.17) is 5.73 Å². The van der Waals surface area contributed by atoms with Crippen molar-refractivity contribution in [3.63, 3.8) is 0 Å². The van der Waals surface area contributed by atoms with Crippen molar-refractivity contribution in [1.29, 1.82) is 0 Å². The lowest BCUT2D eigenvalue weighted by Gasteiger charge is -2.06. The second-order valence-electron chi connectivity index (χ2n) is 3.21. The third-order valence-corrected chi connectivity index (χ3v) is 3.34. The summed E-state index contributed by atoms with van der Waals surface area (Å²) in [7, 11) is -4.01. The van der Waals surface area contributed by atoms with Gasteiger partial charge in [0.25, 0.3) is 10.0 Å². The molecule has 2 rings (SSSR count). The number of sulfonamides is 1. The molecule has 17 heavy (non-hydrogen) atoms. The van der Waals surface area contributed by atoms with Gasteiger partial charge < -0.3 is 10.3 Å². The summed E-state index contributed by atoms with van der Waals surface area (Å²) in [6.07, 6.45) is 2.25. The van der Waals surface area contributed by atoms with Gasteiger partial charge in [0.15, 0.2) is 0 Å². The summed E-state index contributed by atoms with van der Waals surface area (Å²) in [4.78, 5) is -0.493. The fraction of sp³-hybridized carbons (Fsp3) is 0. The highest BCUT2D eigenvalue weighted by molar-refractivity contribution is 7.92. The van der Waals surface area contributed by atoms with Crippen LogP contribution in [0.15, 0.2) is 40.1 Å². The molecule has 0 aliphatic rings. The predicted octanol–water partition coefficient (Wildman–Crippen LogP) is 1.20. The van der Waals surface area contributed by atoms with Crippen LogP contribution in [-0.2, 0) is 10.0 Å². The van der Waals surface area contributed by atoms with E-state index < -0.39 is 20.7 Å². The molecule has 0 unspecified atom stereocenters. The highest BCUT2D eigenvalue weighted by Gasteiger charge is 2.19. The Bertz CT molecular complexity index is 625. The number of nitrogens with zero attached hydrogens (tertiary/aromatic N) is 1. The Morgan fingerprint density at radius 1 is 1.41 bits per heavy atom. The first-order valence-electron chi connectivity index (χ1n) is 4.46. The quantitative estimate of drug-likeness (QED) is 0.805. The molecule has 0 bridgehead atoms. The fourth-order valence-electron chi connectivity index (χ4n) is 1.20. The predicted molar refractivity (Wildman–Crippen MR) is 58.1 cm³/mol. The first-order valence-corrected chi connectivity index (χ1v) is 5.94. The average molecular weight is 257 g/mol. The monoisotopic (exact) mass is 257 g/mol. The zero-order valence-electron chi connectivity index (χ0n) is 8.42. The number of aromatic nitrogens is 1. The summed E-state index contributed by atoms with van der Waals surface area (Å²) in [5.74, 6) is -0.922. The minimum absolute atomic E-state index is 0.112. The topological polar surface area (TPSA) is 98.2 Å². The molecule has 90 valence electrons. The Balaban J connectivity index is 2.38. The molecule has 0 saturated carbocycles. The number of halogens is 1. The molecule has 0 fully saturated rings. The Hall–Kier alpha value is -2.09. The number of hydrogen-bond donors (Lipinski definition) is 2. The van der Waals surface area contributed by atoms with Crippen molar-refractivity contribution < 1.29 is 17.3 Å². The van der Waals surface area contributed by atoms with Crippen molar-refractivity contribution in [1.82, 2.24) is 5.16 Å². The summed E-state index contributed by atoms with van der Waals surface area (Å²) in [6.45, 7) is 0. The Kier molecular flexibility index (Phi) is 2.72. The molecule has 6 nitrogen and oxygen atoms in total. The van der Waals surface area contributed by atoms with Gasteiger partial charge in [-0.1, -0.05) is 5.16 Å². The molecule has 1 aromatic heterocycles. The summed E-state index contributed by atoms with van der Waals surface area (Å²) in [6, 6.07) is 3.31. The van der Waals surface area contributed by atoms with Gasteiger partial charge in [-0.05, 0) is 18.2 Å². The van der Waals surface area contributed by atoms with E-state index in [1.165, 1.54) is 6.07 Å². The van der Waals surface area contributed by atoms with E-state index in [1.807, 2.05) is 0 Å². The number of nitrogens with two attached hydrogens (primary N) is 1. The minimum atomic E-state index is -4.01. The molecule has 0 spiro atoms. The second-order valence-corrected chi connectivity index (χ2v) is 4.86. The van der Waals surface area contributed by atoms with Crippen molar-refractivity contribution in [2.75, 3.05) is 10.5 Å². The standard InChI is InChI=1S/C9H8FN3O3S/c10-8-3-6(11)1-2-9(8)17(14,15)13-7-4-12-16-5-7/h1-5,13H,11H2. The smallest absolute Gasteiger partial charge is 0.264 e. The van der Waals surface area contributed by atoms with Crippen LogP contribution in [-0.4, -0.2) is 13.6 Å². The Morgan fingerprint density at radius 2 is 2.18 bits per heavy atom. The second kappa shape index (κ2) is 4.06. The number of anilines is 2. The van der Waals surface area contributed by atoms with E-state index >= 15 is 0 Å². The van der Waals surface area contributed by atoms with E-state index in [2.05, 4.69) is 14.4 Å². The maximum absolute atomic E-state index is 13.4. The molecule has 0 atom stereocenters. The molecule has 1 heterocycles. The molecule has 8 heteroatoms. The molecule has 1 aromatic carbocycles. The molecule has 0 radical (unpaired) electrons. The Morgan fingerprint density at radius 3 is 2.76 bits per heavy atom. The van der Waals surface area contributed by atoms with E-state index in [1.54, 1.807) is 0 Å². The minimum Gasteiger partial charge on any atom is -0.399 e. The van der Waals surface area contributed by atoms with Gasteiger partial charge in [-0.15, -0.1) is 0 Å². The number of nitrogens with one attached hydrogen (secondary N) is 1. The molecule has 0 saturated heterocycles. The SMILES string of the molecule is Nc1ccc(S(=O)(=O)Nc2cnoc2)c(F)c1. The molecular weight excluding hydrogens is 249 g/mol. The normalized spacial score (nSPS) is 11.4. The number of benzene rings is 1. The molecule has 0 amide bonds. The highest BCUT2D eigenvalue weighted by atomic mass is 32.2. The third kappa shape index (κ3) is 2.36. The maximum atomic E-state index is 13.4. The Labute approximate surface area is 96.3 Å². The first-order chi connectivity index (χ1) is 7.99. The molecule has 2 aromatic rings. The largest absolute Gasteiger partial charge is 0.399 e. The van der Waals surface area contributed by atoms with Gasteiger partial charge in [-0.2, -0.15) is 0 Å². The molecule has 3 N–H and O–H groups in total. The van der Waals surface area contributed by atoms with E-state index in [-0.39, 0.29) is 11.4 Å². The van der Waals surface area contributed by atoms with Crippen molar-refractivity contribution in [3.05, 3.63) is 36.5 Å². The zero-order valence-corrected chi connectivity index (χ0v) is 9.24. The van der Waals surface area contributed by atoms with Crippen molar-refractivity contribution in [3.8, 4) is 0 Å². The summed E-state index contributed by atoms with van der Waals surface area (Å²) >= 11 is 0. The lowest BCUT2D eigenvalue weighted by molar-refractivity contribution is 0.420. The van der Waals surface area contributed by atoms with Crippen LogP contribution in [0.3, 0.4) is 0 Å². The van der Waals surface area contributed by atoms with Crippen LogP contribution < -0.4 is 10.5 Å². The molecular formula is C9H8FN3O3S. The van der Waals surface area contributed by atoms with Crippen LogP contribution in [0.4, 0.5) is 15.8 Å². The van der Waals surface area contributed by atoms with Crippen LogP contribution >= 0.6 is 0 Å². The van der Waals surface area contributed by atoms with Gasteiger partial charge in [0.1, 0.15) is 22.7 Å². The molecule has 0 aliphatic heterocycles. The van der Waals surface area contributed by atoms with Crippen LogP contribution in [0.5, 0.6) is 0 Å². The van der Waals surface area contributed by atoms with E-state index in [9.17, 15) is 12.8 Å². The van der Waals surface area contributed by atoms with Crippen LogP contribution in [0, 0.1) is 5.82 Å². The first kappa shape index (κ1) is 11.4. The summed E-state index contributed by atoms with van der Waals surface area (Å²) in [5.41, 5.74) is 5.58. The fourth-order valence-corrected chi connectivity index (χ4v) is 2.28. The van der Waals surface area contributed by atoms with Crippen molar-refractivity contribution in [2.45, 2.75) is 4.90 Å². The van der Waals surface area contributed by atoms with Gasteiger partial charge in [0, 0.05) is 5.69 Å². The number of rotatable bonds is 3. The number of nitrogen functional groups attached to an aromatic ring is 1. The highest BCUT2D eigenvalue weighted by Crippen LogP contribution is 2.20. The summed E-state index contributed by atoms with van der Waals surface area (Å²) in [5, 5.41) is 3.32. The lowest BCUT2D eigenvalue weighted by atomic mass is 10.3. The average Bonchev–Trinajstić information content (AvgIpc) is 2.68. The van der Waals surface area contributed by atoms with Gasteiger partial charge in [0.2, 0.25) is 0 Å². The van der Waals surface area contributed by atoms with Crippen LogP contribution in [0.1, 0.15) is 0 Å². The lowest BCUT2D eigenvalue weighted by Crippen LogP contribution is -2.14. The van der Waals surface area contributed by atoms with Crippen molar-refractivity contribution >= 4 is 21.4 Å². The van der Waals surface area contributed by atoms with E-state index in [0.717, 1.165) is 24.6 Å². The van der Waals surface area contributed by atoms with Gasteiger partial charge in [-0.25, -0.2) is 12.8 Å². The van der Waals surface area contributed by atoms with Gasteiger partial charge in [-0.3, -0.25) is 4.72 Å². The van der Waals surface area contributed by atoms with E-state index in [0.29, 0.717) is 0 Å². The van der Waals surface area contributed by atoms with Gasteiger partial charge in [0.05, 0.1) is 6.20 Å². The van der Waals surface area contributed by atoms with Crippen LogP contribution in [0.2, 0.25) is 0 Å². The molecule has 0 aliphatic carbocycles. The van der Waals surface area contributed by atoms with Crippen LogP contribution in [0.25, 0.3) is 0 Å². The zero-order chi connectivity index (χ0) is 12.5. The number of hydrogen-bond acceptors (Lipinski definition) is 5. The summed E-state index contributed by atoms with van der Waals surface area (Å²) < 4.78 is 43.5. The third-order valence-electron chi connectivity index (χ3n) is 1.93. The van der Waals surface area contributed by atoms with Gasteiger partial charge >= 0.3 is 0 Å². The maximum Gasteiger partial charge on any atom is 0.264 e.